The van der Waals surface area contributed by atoms with E-state index in [1.54, 1.807) is 5.69 Å². The number of rotatable bonds is 3. The number of benzene rings is 1. The van der Waals surface area contributed by atoms with Crippen molar-refractivity contribution >= 4 is 17.6 Å². The first-order valence-corrected chi connectivity index (χ1v) is 9.96. The molecule has 0 bridgehead atoms. The Balaban J connectivity index is 0.000000924. The molecule has 1 N–H and O–H groups in total. The lowest BCUT2D eigenvalue weighted by atomic mass is 9.91. The zero-order valence-electron chi connectivity index (χ0n) is 15.4. The Morgan fingerprint density at radius 2 is 1.52 bits per heavy atom. The van der Waals surface area contributed by atoms with Gasteiger partial charge in [0.25, 0.3) is 0 Å². The normalized spacial score (nSPS) is 23.7. The third-order valence-corrected chi connectivity index (χ3v) is 6.53. The van der Waals surface area contributed by atoms with Gasteiger partial charge in [0, 0.05) is 12.4 Å². The Morgan fingerprint density at radius 1 is 0.957 bits per heavy atom. The summed E-state index contributed by atoms with van der Waals surface area (Å²) >= 11 is 2.12. The molecule has 1 saturated heterocycles. The Hall–Kier alpha value is -0.670. The molecule has 130 valence electrons. The zero-order chi connectivity index (χ0) is 17.0. The van der Waals surface area contributed by atoms with Crippen LogP contribution in [0.2, 0.25) is 0 Å². The molecular weight excluding hydrogens is 302 g/mol. The summed E-state index contributed by atoms with van der Waals surface area (Å²) in [5, 5.41) is 7.88. The molecule has 1 saturated carbocycles. The van der Waals surface area contributed by atoms with Gasteiger partial charge in [-0.2, -0.15) is 0 Å². The summed E-state index contributed by atoms with van der Waals surface area (Å²) in [4.78, 5) is 0. The smallest absolute Gasteiger partial charge is 0.0542 e. The van der Waals surface area contributed by atoms with Crippen molar-refractivity contribution in [2.45, 2.75) is 82.9 Å². The number of hydrogen-bond donors (Lipinski definition) is 1. The number of aliphatic hydroxyl groups is 1. The van der Waals surface area contributed by atoms with Gasteiger partial charge in [-0.15, -0.1) is 0 Å². The van der Waals surface area contributed by atoms with Crippen LogP contribution in [-0.2, 0) is 0 Å². The van der Waals surface area contributed by atoms with Gasteiger partial charge in [-0.3, -0.25) is 0 Å². The summed E-state index contributed by atoms with van der Waals surface area (Å²) in [6, 6.07) is 7.73. The van der Waals surface area contributed by atoms with Crippen molar-refractivity contribution in [2.75, 3.05) is 11.4 Å². The fourth-order valence-corrected chi connectivity index (χ4v) is 5.28. The Labute approximate surface area is 146 Å². The molecule has 1 aromatic rings. The Kier molecular flexibility index (Phi) is 6.84. The lowest BCUT2D eigenvalue weighted by molar-refractivity contribution is 0.399. The van der Waals surface area contributed by atoms with E-state index in [4.69, 9.17) is 5.11 Å². The van der Waals surface area contributed by atoms with Gasteiger partial charge in [-0.1, -0.05) is 65.2 Å². The minimum Gasteiger partial charge on any atom is -0.400 e. The predicted octanol–water partition coefficient (Wildman–Crippen LogP) is 5.71. The van der Waals surface area contributed by atoms with E-state index >= 15 is 0 Å². The van der Waals surface area contributed by atoms with Crippen molar-refractivity contribution < 1.29 is 5.11 Å². The average Bonchev–Trinajstić information content (AvgIpc) is 2.71. The topological polar surface area (TPSA) is 23.5 Å². The highest BCUT2D eigenvalue weighted by molar-refractivity contribution is 8.02. The summed E-state index contributed by atoms with van der Waals surface area (Å²) < 4.78 is 2.68. The van der Waals surface area contributed by atoms with Gasteiger partial charge in [0.1, 0.15) is 0 Å². The molecule has 2 nitrogen and oxygen atoms in total. The second-order valence-electron chi connectivity index (χ2n) is 7.27. The monoisotopic (exact) mass is 335 g/mol. The number of para-hydroxylation sites is 1. The summed E-state index contributed by atoms with van der Waals surface area (Å²) in [5.74, 6) is 1.20. The van der Waals surface area contributed by atoms with Gasteiger partial charge < -0.3 is 9.41 Å². The highest BCUT2D eigenvalue weighted by Gasteiger charge is 2.42. The SMILES string of the molecule is CC(C)c1cccc(C(C)C)c1N1SC2CCCCCC21.CO. The second kappa shape index (κ2) is 8.43. The van der Waals surface area contributed by atoms with Crippen LogP contribution in [-0.4, -0.2) is 23.5 Å². The molecule has 23 heavy (non-hydrogen) atoms. The quantitative estimate of drug-likeness (QED) is 0.715. The van der Waals surface area contributed by atoms with Gasteiger partial charge in [-0.05, 0) is 47.8 Å². The van der Waals surface area contributed by atoms with Crippen LogP contribution in [0.25, 0.3) is 0 Å². The number of hydrogen-bond acceptors (Lipinski definition) is 3. The van der Waals surface area contributed by atoms with Crippen LogP contribution in [0.15, 0.2) is 18.2 Å². The molecule has 0 aromatic heterocycles. The van der Waals surface area contributed by atoms with Gasteiger partial charge in [0.15, 0.2) is 0 Å². The molecule has 1 aromatic carbocycles. The maximum Gasteiger partial charge on any atom is 0.0542 e. The number of anilines is 1. The lowest BCUT2D eigenvalue weighted by Crippen LogP contribution is -2.50. The van der Waals surface area contributed by atoms with Crippen LogP contribution in [0.1, 0.15) is 82.8 Å². The summed E-state index contributed by atoms with van der Waals surface area (Å²) in [7, 11) is 1.00. The van der Waals surface area contributed by atoms with Crippen molar-refractivity contribution in [3.63, 3.8) is 0 Å². The first kappa shape index (κ1) is 18.7. The number of aliphatic hydroxyl groups excluding tert-OH is 1. The van der Waals surface area contributed by atoms with Crippen LogP contribution >= 0.6 is 11.9 Å². The van der Waals surface area contributed by atoms with E-state index in [0.717, 1.165) is 18.4 Å². The van der Waals surface area contributed by atoms with E-state index in [1.807, 2.05) is 0 Å². The van der Waals surface area contributed by atoms with E-state index in [9.17, 15) is 0 Å². The average molecular weight is 336 g/mol. The molecule has 1 aliphatic carbocycles. The lowest BCUT2D eigenvalue weighted by Gasteiger charge is -2.49. The zero-order valence-corrected chi connectivity index (χ0v) is 16.2. The number of fused-ring (bicyclic) bond motifs is 1. The second-order valence-corrected chi connectivity index (χ2v) is 8.48. The maximum absolute atomic E-state index is 7.00. The van der Waals surface area contributed by atoms with Crippen molar-refractivity contribution in [3.05, 3.63) is 29.3 Å². The molecule has 2 aliphatic rings. The van der Waals surface area contributed by atoms with Gasteiger partial charge in [0.05, 0.1) is 11.7 Å². The minimum absolute atomic E-state index is 0.601. The molecular formula is C20H33NOS. The van der Waals surface area contributed by atoms with Crippen LogP contribution in [0.5, 0.6) is 0 Å². The molecule has 0 amide bonds. The molecule has 1 heterocycles. The molecule has 2 fully saturated rings. The van der Waals surface area contributed by atoms with Crippen molar-refractivity contribution in [1.82, 2.24) is 0 Å². The van der Waals surface area contributed by atoms with Crippen LogP contribution in [0.3, 0.4) is 0 Å². The molecule has 3 heteroatoms. The molecule has 2 unspecified atom stereocenters. The summed E-state index contributed by atoms with van der Waals surface area (Å²) in [6.07, 6.45) is 7.10. The number of nitrogens with zero attached hydrogens (tertiary/aromatic N) is 1. The highest BCUT2D eigenvalue weighted by atomic mass is 32.2. The van der Waals surface area contributed by atoms with E-state index in [2.05, 4.69) is 62.1 Å². The molecule has 1 aliphatic heterocycles. The molecule has 3 rings (SSSR count). The van der Waals surface area contributed by atoms with Crippen molar-refractivity contribution in [1.29, 1.82) is 0 Å². The fourth-order valence-electron chi connectivity index (χ4n) is 3.79. The molecule has 0 radical (unpaired) electrons. The maximum atomic E-state index is 7.00. The Morgan fingerprint density at radius 3 is 2.09 bits per heavy atom. The predicted molar refractivity (Wildman–Crippen MR) is 103 cm³/mol. The minimum atomic E-state index is 0.601. The Bertz CT molecular complexity index is 474. The highest BCUT2D eigenvalue weighted by Crippen LogP contribution is 2.51. The largest absolute Gasteiger partial charge is 0.400 e. The van der Waals surface area contributed by atoms with Gasteiger partial charge in [-0.25, -0.2) is 0 Å². The van der Waals surface area contributed by atoms with Gasteiger partial charge in [0.2, 0.25) is 0 Å². The van der Waals surface area contributed by atoms with Crippen molar-refractivity contribution in [2.24, 2.45) is 0 Å². The third kappa shape index (κ3) is 3.88. The molecule has 0 spiro atoms. The summed E-state index contributed by atoms with van der Waals surface area (Å²) in [5.41, 5.74) is 4.63. The standard InChI is InChI=1S/C19H29NS.CH4O/c1-13(2)15-9-8-10-16(14(3)4)19(15)20-17-11-6-5-7-12-18(17)21-20;1-2/h8-10,13-14,17-18H,5-7,11-12H2,1-4H3;2H,1H3. The van der Waals surface area contributed by atoms with E-state index in [0.29, 0.717) is 11.8 Å². The van der Waals surface area contributed by atoms with Crippen molar-refractivity contribution in [3.8, 4) is 0 Å². The first-order valence-electron chi connectivity index (χ1n) is 9.13. The summed E-state index contributed by atoms with van der Waals surface area (Å²) in [6.45, 7) is 9.33. The van der Waals surface area contributed by atoms with Crippen LogP contribution in [0.4, 0.5) is 5.69 Å². The van der Waals surface area contributed by atoms with Crippen LogP contribution < -0.4 is 4.31 Å². The fraction of sp³-hybridized carbons (Fsp3) is 0.700. The van der Waals surface area contributed by atoms with E-state index in [-0.39, 0.29) is 0 Å². The van der Waals surface area contributed by atoms with Gasteiger partial charge >= 0.3 is 0 Å². The molecule has 2 atom stereocenters. The van der Waals surface area contributed by atoms with Crippen LogP contribution in [0, 0.1) is 0 Å². The van der Waals surface area contributed by atoms with E-state index < -0.39 is 0 Å². The first-order chi connectivity index (χ1) is 11.1. The van der Waals surface area contributed by atoms with E-state index in [1.165, 1.54) is 43.2 Å². The third-order valence-electron chi connectivity index (χ3n) is 5.03.